The van der Waals surface area contributed by atoms with Gasteiger partial charge >= 0.3 is 0 Å². The van der Waals surface area contributed by atoms with Crippen molar-refractivity contribution >= 4 is 28.7 Å². The molecule has 0 unspecified atom stereocenters. The van der Waals surface area contributed by atoms with E-state index in [0.29, 0.717) is 22.6 Å². The SMILES string of the molecule is O=C(COc1ccc(C(=O)c2ccccc2)cc1)Nc1ccc(-c2nccs2)cc1. The van der Waals surface area contributed by atoms with Gasteiger partial charge in [-0.2, -0.15) is 0 Å². The van der Waals surface area contributed by atoms with E-state index in [1.807, 2.05) is 47.8 Å². The van der Waals surface area contributed by atoms with E-state index in [-0.39, 0.29) is 18.3 Å². The van der Waals surface area contributed by atoms with Gasteiger partial charge in [0.2, 0.25) is 0 Å². The van der Waals surface area contributed by atoms with Gasteiger partial charge in [-0.1, -0.05) is 30.3 Å². The Morgan fingerprint density at radius 1 is 0.867 bits per heavy atom. The Bertz CT molecular complexity index is 1120. The largest absolute Gasteiger partial charge is 0.484 e. The van der Waals surface area contributed by atoms with Gasteiger partial charge in [-0.25, -0.2) is 4.98 Å². The Morgan fingerprint density at radius 2 is 1.57 bits per heavy atom. The van der Waals surface area contributed by atoms with Crippen LogP contribution in [0.4, 0.5) is 5.69 Å². The van der Waals surface area contributed by atoms with Crippen LogP contribution in [0.5, 0.6) is 5.75 Å². The molecular formula is C24H18N2O3S. The average molecular weight is 414 g/mol. The third kappa shape index (κ3) is 4.79. The van der Waals surface area contributed by atoms with E-state index >= 15 is 0 Å². The van der Waals surface area contributed by atoms with Gasteiger partial charge in [-0.3, -0.25) is 9.59 Å². The van der Waals surface area contributed by atoms with Crippen LogP contribution in [0.1, 0.15) is 15.9 Å². The van der Waals surface area contributed by atoms with Crippen LogP contribution in [0.25, 0.3) is 10.6 Å². The highest BCUT2D eigenvalue weighted by molar-refractivity contribution is 7.13. The van der Waals surface area contributed by atoms with Crippen LogP contribution in [0.3, 0.4) is 0 Å². The average Bonchev–Trinajstić information content (AvgIpc) is 3.34. The molecule has 5 nitrogen and oxygen atoms in total. The number of hydrogen-bond acceptors (Lipinski definition) is 5. The van der Waals surface area contributed by atoms with E-state index < -0.39 is 0 Å². The van der Waals surface area contributed by atoms with Crippen molar-refractivity contribution in [3.05, 3.63) is 102 Å². The first-order valence-electron chi connectivity index (χ1n) is 9.31. The highest BCUT2D eigenvalue weighted by atomic mass is 32.1. The maximum absolute atomic E-state index is 12.4. The van der Waals surface area contributed by atoms with Crippen LogP contribution in [-0.4, -0.2) is 23.3 Å². The standard InChI is InChI=1S/C24H18N2O3S/c27-22(26-20-10-6-19(7-11-20)24-25-14-15-30-24)16-29-21-12-8-18(9-13-21)23(28)17-4-2-1-3-5-17/h1-15H,16H2,(H,26,27). The van der Waals surface area contributed by atoms with Crippen molar-refractivity contribution < 1.29 is 14.3 Å². The summed E-state index contributed by atoms with van der Waals surface area (Å²) in [5.74, 6) is 0.205. The number of nitrogens with one attached hydrogen (secondary N) is 1. The zero-order valence-corrected chi connectivity index (χ0v) is 16.8. The third-order valence-corrected chi connectivity index (χ3v) is 5.19. The molecule has 0 saturated heterocycles. The van der Waals surface area contributed by atoms with Crippen molar-refractivity contribution in [2.45, 2.75) is 0 Å². The topological polar surface area (TPSA) is 68.3 Å². The quantitative estimate of drug-likeness (QED) is 0.429. The fourth-order valence-electron chi connectivity index (χ4n) is 2.87. The third-order valence-electron chi connectivity index (χ3n) is 4.37. The summed E-state index contributed by atoms with van der Waals surface area (Å²) in [4.78, 5) is 28.8. The van der Waals surface area contributed by atoms with E-state index in [0.717, 1.165) is 10.6 Å². The molecule has 1 heterocycles. The summed E-state index contributed by atoms with van der Waals surface area (Å²) in [5, 5.41) is 5.66. The molecule has 4 rings (SSSR count). The van der Waals surface area contributed by atoms with Gasteiger partial charge in [-0.15, -0.1) is 11.3 Å². The second kappa shape index (κ2) is 9.15. The number of rotatable bonds is 7. The molecule has 0 saturated carbocycles. The fourth-order valence-corrected chi connectivity index (χ4v) is 3.51. The van der Waals surface area contributed by atoms with Crippen molar-refractivity contribution in [1.29, 1.82) is 0 Å². The van der Waals surface area contributed by atoms with Crippen LogP contribution < -0.4 is 10.1 Å². The number of nitrogens with zero attached hydrogens (tertiary/aromatic N) is 1. The van der Waals surface area contributed by atoms with Crippen molar-refractivity contribution in [2.75, 3.05) is 11.9 Å². The Labute approximate surface area is 178 Å². The van der Waals surface area contributed by atoms with Gasteiger partial charge in [0.05, 0.1) is 0 Å². The van der Waals surface area contributed by atoms with Gasteiger partial charge in [0, 0.05) is 34.0 Å². The molecule has 0 aliphatic carbocycles. The number of amides is 1. The van der Waals surface area contributed by atoms with Crippen molar-refractivity contribution in [2.24, 2.45) is 0 Å². The predicted molar refractivity (Wildman–Crippen MR) is 118 cm³/mol. The molecule has 3 aromatic carbocycles. The fraction of sp³-hybridized carbons (Fsp3) is 0.0417. The number of hydrogen-bond donors (Lipinski definition) is 1. The molecule has 0 spiro atoms. The van der Waals surface area contributed by atoms with Crippen LogP contribution >= 0.6 is 11.3 Å². The smallest absolute Gasteiger partial charge is 0.262 e. The Kier molecular flexibility index (Phi) is 5.96. The number of thiazole rings is 1. The summed E-state index contributed by atoms with van der Waals surface area (Å²) in [7, 11) is 0. The highest BCUT2D eigenvalue weighted by Gasteiger charge is 2.09. The lowest BCUT2D eigenvalue weighted by molar-refractivity contribution is -0.118. The van der Waals surface area contributed by atoms with Crippen molar-refractivity contribution in [3.8, 4) is 16.3 Å². The summed E-state index contributed by atoms with van der Waals surface area (Å²) in [6.45, 7) is -0.125. The zero-order valence-electron chi connectivity index (χ0n) is 15.9. The van der Waals surface area contributed by atoms with E-state index in [9.17, 15) is 9.59 Å². The minimum absolute atomic E-state index is 0.0545. The van der Waals surface area contributed by atoms with Gasteiger partial charge in [0.1, 0.15) is 10.8 Å². The number of ketones is 1. The maximum atomic E-state index is 12.4. The van der Waals surface area contributed by atoms with Gasteiger partial charge < -0.3 is 10.1 Å². The maximum Gasteiger partial charge on any atom is 0.262 e. The molecule has 30 heavy (non-hydrogen) atoms. The number of benzene rings is 3. The summed E-state index contributed by atoms with van der Waals surface area (Å²) in [5.41, 5.74) is 2.89. The molecule has 148 valence electrons. The van der Waals surface area contributed by atoms with Crippen LogP contribution in [0, 0.1) is 0 Å². The number of carbonyl (C=O) groups excluding carboxylic acids is 2. The number of carbonyl (C=O) groups is 2. The normalized spacial score (nSPS) is 10.4. The molecule has 0 fully saturated rings. The Hall–Kier alpha value is -3.77. The summed E-state index contributed by atoms with van der Waals surface area (Å²) in [6.07, 6.45) is 1.76. The van der Waals surface area contributed by atoms with Crippen LogP contribution in [-0.2, 0) is 4.79 Å². The molecule has 0 radical (unpaired) electrons. The molecule has 4 aromatic rings. The van der Waals surface area contributed by atoms with E-state index in [4.69, 9.17) is 4.74 Å². The lowest BCUT2D eigenvalue weighted by Crippen LogP contribution is -2.20. The minimum Gasteiger partial charge on any atom is -0.484 e. The first-order chi connectivity index (χ1) is 14.7. The number of aromatic nitrogens is 1. The van der Waals surface area contributed by atoms with E-state index in [1.54, 1.807) is 53.9 Å². The van der Waals surface area contributed by atoms with Gasteiger partial charge in [0.15, 0.2) is 12.4 Å². The molecular weight excluding hydrogens is 396 g/mol. The monoisotopic (exact) mass is 414 g/mol. The second-order valence-electron chi connectivity index (χ2n) is 6.47. The predicted octanol–water partition coefficient (Wildman–Crippen LogP) is 5.06. The van der Waals surface area contributed by atoms with Gasteiger partial charge in [0.25, 0.3) is 5.91 Å². The molecule has 0 aliphatic heterocycles. The zero-order chi connectivity index (χ0) is 20.8. The molecule has 1 N–H and O–H groups in total. The minimum atomic E-state index is -0.263. The van der Waals surface area contributed by atoms with Crippen LogP contribution in [0.15, 0.2) is 90.4 Å². The van der Waals surface area contributed by atoms with Crippen molar-refractivity contribution in [3.63, 3.8) is 0 Å². The van der Waals surface area contributed by atoms with Crippen molar-refractivity contribution in [1.82, 2.24) is 4.98 Å². The summed E-state index contributed by atoms with van der Waals surface area (Å²) < 4.78 is 5.53. The lowest BCUT2D eigenvalue weighted by atomic mass is 10.0. The van der Waals surface area contributed by atoms with E-state index in [1.165, 1.54) is 0 Å². The molecule has 1 amide bonds. The second-order valence-corrected chi connectivity index (χ2v) is 7.37. The first kappa shape index (κ1) is 19.5. The molecule has 0 bridgehead atoms. The molecule has 0 atom stereocenters. The molecule has 6 heteroatoms. The highest BCUT2D eigenvalue weighted by Crippen LogP contribution is 2.23. The molecule has 0 aliphatic rings. The van der Waals surface area contributed by atoms with E-state index in [2.05, 4.69) is 10.3 Å². The van der Waals surface area contributed by atoms with Crippen LogP contribution in [0.2, 0.25) is 0 Å². The summed E-state index contributed by atoms with van der Waals surface area (Å²) in [6, 6.07) is 23.3. The van der Waals surface area contributed by atoms with Gasteiger partial charge in [-0.05, 0) is 48.5 Å². The lowest BCUT2D eigenvalue weighted by Gasteiger charge is -2.09. The summed E-state index contributed by atoms with van der Waals surface area (Å²) >= 11 is 1.56. The number of ether oxygens (including phenoxy) is 1. The Balaban J connectivity index is 1.30. The Morgan fingerprint density at radius 3 is 2.23 bits per heavy atom. The first-order valence-corrected chi connectivity index (χ1v) is 10.2. The number of anilines is 1. The molecule has 1 aromatic heterocycles.